The molecule has 4 rings (SSSR count). The summed E-state index contributed by atoms with van der Waals surface area (Å²) in [6, 6.07) is 19.2. The Morgan fingerprint density at radius 3 is 2.48 bits per heavy atom. The number of urea groups is 1. The monoisotopic (exact) mass is 407 g/mol. The predicted octanol–water partition coefficient (Wildman–Crippen LogP) is 3.90. The number of amides is 4. The van der Waals surface area contributed by atoms with Crippen molar-refractivity contribution in [2.75, 3.05) is 11.9 Å². The molecule has 6 nitrogen and oxygen atoms in total. The Morgan fingerprint density at radius 1 is 1.03 bits per heavy atom. The second kappa shape index (κ2) is 7.22. The fourth-order valence-corrected chi connectivity index (χ4v) is 3.69. The first-order valence-corrected chi connectivity index (χ1v) is 9.44. The van der Waals surface area contributed by atoms with Crippen LogP contribution in [0.4, 0.5) is 10.5 Å². The van der Waals surface area contributed by atoms with Crippen molar-refractivity contribution in [2.45, 2.75) is 12.5 Å². The van der Waals surface area contributed by atoms with Crippen molar-refractivity contribution in [1.29, 1.82) is 0 Å². The van der Waals surface area contributed by atoms with E-state index in [0.717, 1.165) is 15.7 Å². The minimum Gasteiger partial charge on any atom is -0.325 e. The van der Waals surface area contributed by atoms with Gasteiger partial charge in [-0.25, -0.2) is 4.79 Å². The lowest BCUT2D eigenvalue weighted by Gasteiger charge is -2.24. The minimum atomic E-state index is -1.25. The molecule has 0 bridgehead atoms. The number of rotatable bonds is 4. The molecule has 1 aliphatic heterocycles. The third-order valence-corrected chi connectivity index (χ3v) is 5.28. The second-order valence-electron chi connectivity index (χ2n) is 7.03. The van der Waals surface area contributed by atoms with Crippen LogP contribution in [0.5, 0.6) is 0 Å². The molecule has 3 aromatic carbocycles. The summed E-state index contributed by atoms with van der Waals surface area (Å²) in [5.74, 6) is -0.942. The molecule has 0 aliphatic carbocycles. The molecule has 146 valence electrons. The first-order chi connectivity index (χ1) is 13.9. The van der Waals surface area contributed by atoms with Gasteiger partial charge in [0.2, 0.25) is 5.91 Å². The molecule has 0 aromatic heterocycles. The first-order valence-electron chi connectivity index (χ1n) is 9.06. The molecule has 7 heteroatoms. The molecule has 1 atom stereocenters. The normalized spacial score (nSPS) is 18.8. The molecule has 3 aromatic rings. The Labute approximate surface area is 172 Å². The van der Waals surface area contributed by atoms with Crippen LogP contribution in [0.25, 0.3) is 10.8 Å². The van der Waals surface area contributed by atoms with Crippen LogP contribution in [0, 0.1) is 0 Å². The van der Waals surface area contributed by atoms with Gasteiger partial charge >= 0.3 is 6.03 Å². The van der Waals surface area contributed by atoms with Crippen molar-refractivity contribution in [3.05, 3.63) is 77.3 Å². The lowest BCUT2D eigenvalue weighted by Crippen LogP contribution is -2.42. The van der Waals surface area contributed by atoms with Gasteiger partial charge in [0.15, 0.2) is 0 Å². The van der Waals surface area contributed by atoms with Crippen LogP contribution in [0.15, 0.2) is 66.7 Å². The zero-order valence-corrected chi connectivity index (χ0v) is 16.4. The molecular formula is C22H18ClN3O3. The zero-order chi connectivity index (χ0) is 20.6. The van der Waals surface area contributed by atoms with E-state index in [0.29, 0.717) is 16.3 Å². The summed E-state index contributed by atoms with van der Waals surface area (Å²) in [5, 5.41) is 7.80. The number of carbonyl (C=O) groups excluding carboxylic acids is 3. The van der Waals surface area contributed by atoms with Crippen molar-refractivity contribution in [3.63, 3.8) is 0 Å². The maximum atomic E-state index is 13.2. The number of hydrogen-bond acceptors (Lipinski definition) is 3. The topological polar surface area (TPSA) is 78.5 Å². The van der Waals surface area contributed by atoms with Crippen LogP contribution >= 0.6 is 11.6 Å². The van der Waals surface area contributed by atoms with E-state index in [-0.39, 0.29) is 6.54 Å². The highest BCUT2D eigenvalue weighted by molar-refractivity contribution is 6.30. The van der Waals surface area contributed by atoms with Gasteiger partial charge in [0.25, 0.3) is 5.91 Å². The number of hydrogen-bond donors (Lipinski definition) is 2. The summed E-state index contributed by atoms with van der Waals surface area (Å²) in [6.07, 6.45) is 0. The molecule has 0 radical (unpaired) electrons. The highest BCUT2D eigenvalue weighted by Crippen LogP contribution is 2.33. The number of imide groups is 1. The lowest BCUT2D eigenvalue weighted by molar-refractivity contribution is -0.133. The molecule has 29 heavy (non-hydrogen) atoms. The number of halogens is 1. The number of anilines is 1. The predicted molar refractivity (Wildman–Crippen MR) is 112 cm³/mol. The first kappa shape index (κ1) is 19.0. The second-order valence-corrected chi connectivity index (χ2v) is 7.46. The van der Waals surface area contributed by atoms with Gasteiger partial charge in [0.1, 0.15) is 12.1 Å². The van der Waals surface area contributed by atoms with Crippen molar-refractivity contribution in [3.8, 4) is 0 Å². The van der Waals surface area contributed by atoms with E-state index in [4.69, 9.17) is 11.6 Å². The number of carbonyl (C=O) groups is 3. The lowest BCUT2D eigenvalue weighted by atomic mass is 9.88. The average Bonchev–Trinajstić information content (AvgIpc) is 2.93. The Balaban J connectivity index is 1.58. The molecule has 1 saturated heterocycles. The summed E-state index contributed by atoms with van der Waals surface area (Å²) in [4.78, 5) is 39.0. The van der Waals surface area contributed by atoms with Crippen molar-refractivity contribution < 1.29 is 14.4 Å². The van der Waals surface area contributed by atoms with Crippen LogP contribution in [0.3, 0.4) is 0 Å². The van der Waals surface area contributed by atoms with E-state index in [9.17, 15) is 14.4 Å². The van der Waals surface area contributed by atoms with Gasteiger partial charge in [-0.2, -0.15) is 0 Å². The number of benzene rings is 3. The molecule has 1 aliphatic rings. The number of nitrogens with one attached hydrogen (secondary N) is 2. The number of fused-ring (bicyclic) bond motifs is 1. The summed E-state index contributed by atoms with van der Waals surface area (Å²) in [7, 11) is 0. The standard InChI is InChI=1S/C22H18ClN3O3/c1-22(18-8-4-6-14-5-2-3-7-17(14)18)20(28)26(21(29)25-22)13-19(27)24-16-11-9-15(23)10-12-16/h2-12H,13H2,1H3,(H,24,27)(H,25,29)/t22-/m0/s1. The number of nitrogens with zero attached hydrogens (tertiary/aromatic N) is 1. The van der Waals surface area contributed by atoms with Crippen LogP contribution in [0.1, 0.15) is 12.5 Å². The van der Waals surface area contributed by atoms with Gasteiger partial charge in [0.05, 0.1) is 0 Å². The summed E-state index contributed by atoms with van der Waals surface area (Å²) in [6.45, 7) is 1.28. The maximum Gasteiger partial charge on any atom is 0.325 e. The third-order valence-electron chi connectivity index (χ3n) is 5.03. The Kier molecular flexibility index (Phi) is 4.72. The average molecular weight is 408 g/mol. The SMILES string of the molecule is C[C@@]1(c2cccc3ccccc23)NC(=O)N(CC(=O)Nc2ccc(Cl)cc2)C1=O. The zero-order valence-electron chi connectivity index (χ0n) is 15.6. The molecule has 0 spiro atoms. The van der Waals surface area contributed by atoms with Gasteiger partial charge in [-0.15, -0.1) is 0 Å². The Hall–Kier alpha value is -3.38. The summed E-state index contributed by atoms with van der Waals surface area (Å²) >= 11 is 5.84. The third kappa shape index (κ3) is 3.43. The van der Waals surface area contributed by atoms with Gasteiger partial charge in [-0.05, 0) is 47.5 Å². The van der Waals surface area contributed by atoms with Crippen LogP contribution in [-0.4, -0.2) is 29.3 Å². The molecular weight excluding hydrogens is 390 g/mol. The van der Waals surface area contributed by atoms with Crippen LogP contribution < -0.4 is 10.6 Å². The Morgan fingerprint density at radius 2 is 1.72 bits per heavy atom. The van der Waals surface area contributed by atoms with Gasteiger partial charge in [-0.3, -0.25) is 14.5 Å². The van der Waals surface area contributed by atoms with E-state index in [2.05, 4.69) is 10.6 Å². The van der Waals surface area contributed by atoms with Crippen molar-refractivity contribution >= 4 is 45.9 Å². The maximum absolute atomic E-state index is 13.2. The fraction of sp³-hybridized carbons (Fsp3) is 0.136. The van der Waals surface area contributed by atoms with E-state index in [1.165, 1.54) is 0 Å². The Bertz CT molecular complexity index is 1120. The van der Waals surface area contributed by atoms with Crippen LogP contribution in [-0.2, 0) is 15.1 Å². The highest BCUT2D eigenvalue weighted by atomic mass is 35.5. The smallest absolute Gasteiger partial charge is 0.325 e. The van der Waals surface area contributed by atoms with E-state index in [1.54, 1.807) is 31.2 Å². The molecule has 1 heterocycles. The van der Waals surface area contributed by atoms with Gasteiger partial charge in [-0.1, -0.05) is 54.1 Å². The molecule has 1 fully saturated rings. The van der Waals surface area contributed by atoms with E-state index < -0.39 is 23.4 Å². The highest BCUT2D eigenvalue weighted by Gasteiger charge is 2.50. The quantitative estimate of drug-likeness (QED) is 0.644. The minimum absolute atomic E-state index is 0.381. The molecule has 2 N–H and O–H groups in total. The van der Waals surface area contributed by atoms with Crippen molar-refractivity contribution in [1.82, 2.24) is 10.2 Å². The van der Waals surface area contributed by atoms with Crippen molar-refractivity contribution in [2.24, 2.45) is 0 Å². The molecule has 4 amide bonds. The fourth-order valence-electron chi connectivity index (χ4n) is 3.56. The van der Waals surface area contributed by atoms with Gasteiger partial charge in [0, 0.05) is 10.7 Å². The van der Waals surface area contributed by atoms with Gasteiger partial charge < -0.3 is 10.6 Å². The summed E-state index contributed by atoms with van der Waals surface area (Å²) in [5.41, 5.74) is -0.0313. The van der Waals surface area contributed by atoms with E-state index >= 15 is 0 Å². The molecule has 0 unspecified atom stereocenters. The van der Waals surface area contributed by atoms with Crippen LogP contribution in [0.2, 0.25) is 5.02 Å². The summed E-state index contributed by atoms with van der Waals surface area (Å²) < 4.78 is 0. The molecule has 0 saturated carbocycles. The van der Waals surface area contributed by atoms with E-state index in [1.807, 2.05) is 42.5 Å². The largest absolute Gasteiger partial charge is 0.325 e.